The Kier molecular flexibility index (Phi) is 5.35. The molecule has 0 atom stereocenters. The van der Waals surface area contributed by atoms with E-state index >= 15 is 0 Å². The minimum absolute atomic E-state index is 0.00532. The van der Waals surface area contributed by atoms with Crippen LogP contribution in [0.1, 0.15) is 87.3 Å². The smallest absolute Gasteiger partial charge is 0.162 e. The Bertz CT molecular complexity index is 873. The van der Waals surface area contributed by atoms with E-state index < -0.39 is 0 Å². The van der Waals surface area contributed by atoms with Crippen molar-refractivity contribution in [1.29, 1.82) is 0 Å². The Labute approximate surface area is 168 Å². The molecule has 3 rings (SSSR count). The molecule has 1 aromatic heterocycles. The monoisotopic (exact) mass is 380 g/mol. The first kappa shape index (κ1) is 20.5. The molecule has 0 unspecified atom stereocenters. The number of Topliss-reactive ketones (excluding diaryl/α,β-unsaturated/α-hetero) is 1. The molecule has 0 radical (unpaired) electrons. The maximum atomic E-state index is 11.6. The molecule has 4 heteroatoms. The summed E-state index contributed by atoms with van der Waals surface area (Å²) in [7, 11) is 0. The number of nitrogens with zero attached hydrogens (tertiary/aromatic N) is 2. The van der Waals surface area contributed by atoms with E-state index in [2.05, 4.69) is 63.6 Å². The van der Waals surface area contributed by atoms with Gasteiger partial charge in [0.25, 0.3) is 0 Å². The fourth-order valence-corrected chi connectivity index (χ4v) is 3.65. The van der Waals surface area contributed by atoms with Crippen molar-refractivity contribution in [3.8, 4) is 5.75 Å². The first-order valence-corrected chi connectivity index (χ1v) is 10.2. The molecule has 1 fully saturated rings. The van der Waals surface area contributed by atoms with Crippen LogP contribution in [0, 0.1) is 12.8 Å². The predicted molar refractivity (Wildman–Crippen MR) is 112 cm³/mol. The third-order valence-electron chi connectivity index (χ3n) is 5.46. The van der Waals surface area contributed by atoms with E-state index in [9.17, 15) is 4.79 Å². The maximum Gasteiger partial charge on any atom is 0.162 e. The number of hydrogen-bond acceptors (Lipinski definition) is 4. The summed E-state index contributed by atoms with van der Waals surface area (Å²) in [5, 5.41) is 0. The zero-order valence-corrected chi connectivity index (χ0v) is 18.2. The lowest BCUT2D eigenvalue weighted by molar-refractivity contribution is 0.101. The molecule has 1 aliphatic carbocycles. The highest BCUT2D eigenvalue weighted by Crippen LogP contribution is 2.54. The topological polar surface area (TPSA) is 52.1 Å². The Morgan fingerprint density at radius 3 is 2.25 bits per heavy atom. The molecule has 1 saturated carbocycles. The number of ketones is 1. The zero-order chi connectivity index (χ0) is 20.7. The van der Waals surface area contributed by atoms with E-state index in [0.29, 0.717) is 18.1 Å². The van der Waals surface area contributed by atoms with Crippen LogP contribution in [0.3, 0.4) is 0 Å². The quantitative estimate of drug-likeness (QED) is 0.630. The average Bonchev–Trinajstić information content (AvgIpc) is 3.40. The number of rotatable bonds is 6. The second-order valence-electron chi connectivity index (χ2n) is 9.55. The lowest BCUT2D eigenvalue weighted by Crippen LogP contribution is -2.20. The largest absolute Gasteiger partial charge is 0.493 e. The second-order valence-corrected chi connectivity index (χ2v) is 9.55. The summed E-state index contributed by atoms with van der Waals surface area (Å²) in [6, 6.07) is 4.49. The highest BCUT2D eigenvalue weighted by Gasteiger charge is 2.50. The number of aryl methyl sites for hydroxylation is 1. The van der Waals surface area contributed by atoms with Crippen LogP contribution in [-0.2, 0) is 10.8 Å². The van der Waals surface area contributed by atoms with E-state index in [1.165, 1.54) is 16.7 Å². The van der Waals surface area contributed by atoms with Gasteiger partial charge >= 0.3 is 0 Å². The molecule has 0 spiro atoms. The van der Waals surface area contributed by atoms with E-state index in [-0.39, 0.29) is 16.6 Å². The van der Waals surface area contributed by atoms with Crippen molar-refractivity contribution in [2.45, 2.75) is 72.1 Å². The molecule has 0 aliphatic heterocycles. The molecule has 0 amide bonds. The predicted octanol–water partition coefficient (Wildman–Crippen LogP) is 5.40. The molecule has 28 heavy (non-hydrogen) atoms. The number of carbonyl (C=O) groups excluding carboxylic acids is 1. The van der Waals surface area contributed by atoms with Crippen LogP contribution in [-0.4, -0.2) is 22.4 Å². The highest BCUT2D eigenvalue weighted by atomic mass is 16.5. The minimum atomic E-state index is -0.143. The molecule has 0 bridgehead atoms. The first-order valence-electron chi connectivity index (χ1n) is 10.2. The highest BCUT2D eigenvalue weighted by molar-refractivity contribution is 5.93. The van der Waals surface area contributed by atoms with Gasteiger partial charge in [-0.25, -0.2) is 9.97 Å². The van der Waals surface area contributed by atoms with E-state index in [1.54, 1.807) is 19.3 Å². The summed E-state index contributed by atoms with van der Waals surface area (Å²) < 4.78 is 6.17. The van der Waals surface area contributed by atoms with Crippen molar-refractivity contribution in [2.75, 3.05) is 6.61 Å². The van der Waals surface area contributed by atoms with Crippen LogP contribution in [0.25, 0.3) is 0 Å². The van der Waals surface area contributed by atoms with E-state index in [0.717, 1.165) is 24.4 Å². The normalized spacial score (nSPS) is 15.6. The molecule has 0 saturated heterocycles. The van der Waals surface area contributed by atoms with E-state index in [4.69, 9.17) is 4.74 Å². The SMILES string of the molecule is CC(=O)c1cnc(C2(c3cc(C(C)(C)C)c(OCC(C)C)cc3C)CC2)nc1. The fraction of sp³-hybridized carbons (Fsp3) is 0.542. The summed E-state index contributed by atoms with van der Waals surface area (Å²) in [5.41, 5.74) is 4.11. The van der Waals surface area contributed by atoms with Crippen molar-refractivity contribution in [3.05, 3.63) is 52.6 Å². The third kappa shape index (κ3) is 3.96. The molecule has 150 valence electrons. The van der Waals surface area contributed by atoms with Gasteiger partial charge in [0.1, 0.15) is 11.6 Å². The minimum Gasteiger partial charge on any atom is -0.493 e. The van der Waals surface area contributed by atoms with Crippen LogP contribution in [0.15, 0.2) is 24.5 Å². The van der Waals surface area contributed by atoms with Gasteiger partial charge < -0.3 is 4.74 Å². The van der Waals surface area contributed by atoms with Crippen LogP contribution < -0.4 is 4.74 Å². The maximum absolute atomic E-state index is 11.6. The molecule has 0 N–H and O–H groups in total. The van der Waals surface area contributed by atoms with Gasteiger partial charge in [0, 0.05) is 12.4 Å². The summed E-state index contributed by atoms with van der Waals surface area (Å²) in [4.78, 5) is 20.7. The Balaban J connectivity index is 2.05. The van der Waals surface area contributed by atoms with Gasteiger partial charge in [-0.1, -0.05) is 40.7 Å². The van der Waals surface area contributed by atoms with Gasteiger partial charge in [0.05, 0.1) is 17.6 Å². The Morgan fingerprint density at radius 1 is 1.18 bits per heavy atom. The van der Waals surface area contributed by atoms with Gasteiger partial charge in [0.15, 0.2) is 5.78 Å². The molecule has 1 aliphatic rings. The van der Waals surface area contributed by atoms with Crippen LogP contribution in [0.4, 0.5) is 0 Å². The number of benzene rings is 1. The number of carbonyl (C=O) groups is 1. The lowest BCUT2D eigenvalue weighted by atomic mass is 9.81. The third-order valence-corrected chi connectivity index (χ3v) is 5.46. The Hall–Kier alpha value is -2.23. The fourth-order valence-electron chi connectivity index (χ4n) is 3.65. The molecule has 2 aromatic rings. The van der Waals surface area contributed by atoms with Gasteiger partial charge in [-0.15, -0.1) is 0 Å². The summed E-state index contributed by atoms with van der Waals surface area (Å²) >= 11 is 0. The van der Waals surface area contributed by atoms with Gasteiger partial charge in [-0.3, -0.25) is 4.79 Å². The van der Waals surface area contributed by atoms with Crippen molar-refractivity contribution >= 4 is 5.78 Å². The molecule has 1 aromatic carbocycles. The summed E-state index contributed by atoms with van der Waals surface area (Å²) in [5.74, 6) is 2.27. The van der Waals surface area contributed by atoms with E-state index in [1.807, 2.05) is 0 Å². The Morgan fingerprint density at radius 2 is 1.79 bits per heavy atom. The van der Waals surface area contributed by atoms with Crippen LogP contribution in [0.2, 0.25) is 0 Å². The number of ether oxygens (including phenoxy) is 1. The van der Waals surface area contributed by atoms with Gasteiger partial charge in [0.2, 0.25) is 0 Å². The van der Waals surface area contributed by atoms with Crippen LogP contribution in [0.5, 0.6) is 5.75 Å². The van der Waals surface area contributed by atoms with Gasteiger partial charge in [-0.2, -0.15) is 0 Å². The van der Waals surface area contributed by atoms with Gasteiger partial charge in [-0.05, 0) is 60.8 Å². The average molecular weight is 381 g/mol. The van der Waals surface area contributed by atoms with Crippen LogP contribution >= 0.6 is 0 Å². The number of hydrogen-bond donors (Lipinski definition) is 0. The number of aromatic nitrogens is 2. The zero-order valence-electron chi connectivity index (χ0n) is 18.2. The molecular weight excluding hydrogens is 348 g/mol. The molecule has 4 nitrogen and oxygen atoms in total. The van der Waals surface area contributed by atoms with Crippen molar-refractivity contribution < 1.29 is 9.53 Å². The standard InChI is InChI=1S/C24H32N2O2/c1-15(2)14-28-21-10-16(3)19(11-20(21)23(5,6)7)24(8-9-24)22-25-12-18(13-26-22)17(4)27/h10-13,15H,8-9,14H2,1-7H3. The van der Waals surface area contributed by atoms with Crippen molar-refractivity contribution in [2.24, 2.45) is 5.92 Å². The first-order chi connectivity index (χ1) is 13.0. The lowest BCUT2D eigenvalue weighted by Gasteiger charge is -2.27. The van der Waals surface area contributed by atoms with Crippen molar-refractivity contribution in [3.63, 3.8) is 0 Å². The second kappa shape index (κ2) is 7.31. The molecule has 1 heterocycles. The van der Waals surface area contributed by atoms with Crippen molar-refractivity contribution in [1.82, 2.24) is 9.97 Å². The molecular formula is C24H32N2O2. The summed E-state index contributed by atoms with van der Waals surface area (Å²) in [6.07, 6.45) is 5.38. The summed E-state index contributed by atoms with van der Waals surface area (Å²) in [6.45, 7) is 15.4.